The number of benzene rings is 1. The van der Waals surface area contributed by atoms with E-state index in [1.54, 1.807) is 6.07 Å². The van der Waals surface area contributed by atoms with Crippen molar-refractivity contribution in [3.05, 3.63) is 28.5 Å². The number of nitrogens with one attached hydrogen (secondary N) is 2. The summed E-state index contributed by atoms with van der Waals surface area (Å²) in [5.74, 6) is 1.04. The zero-order valence-electron chi connectivity index (χ0n) is 11.0. The highest BCUT2D eigenvalue weighted by molar-refractivity contribution is 9.10. The Balaban J connectivity index is 1.86. The summed E-state index contributed by atoms with van der Waals surface area (Å²) in [7, 11) is 0. The summed E-state index contributed by atoms with van der Waals surface area (Å²) in [6.45, 7) is 4.82. The summed E-state index contributed by atoms with van der Waals surface area (Å²) in [5.41, 5.74) is 0.799. The minimum atomic E-state index is -0.281. The minimum absolute atomic E-state index is 0.281. The van der Waals surface area contributed by atoms with Gasteiger partial charge in [-0.15, -0.1) is 5.10 Å². The van der Waals surface area contributed by atoms with Crippen molar-refractivity contribution in [1.82, 2.24) is 20.5 Å². The van der Waals surface area contributed by atoms with Gasteiger partial charge < -0.3 is 10.2 Å². The second-order valence-corrected chi connectivity index (χ2v) is 5.76. The quantitative estimate of drug-likeness (QED) is 0.880. The van der Waals surface area contributed by atoms with Gasteiger partial charge in [-0.2, -0.15) is 4.98 Å². The van der Waals surface area contributed by atoms with Gasteiger partial charge in [0.2, 0.25) is 5.95 Å². The molecule has 0 aliphatic carbocycles. The van der Waals surface area contributed by atoms with Crippen LogP contribution in [0.1, 0.15) is 6.92 Å². The van der Waals surface area contributed by atoms with Gasteiger partial charge in [0, 0.05) is 35.7 Å². The molecule has 0 bridgehead atoms. The number of aromatic amines is 1. The van der Waals surface area contributed by atoms with Gasteiger partial charge in [0.15, 0.2) is 5.82 Å². The lowest BCUT2D eigenvalue weighted by molar-refractivity contribution is 0.480. The van der Waals surface area contributed by atoms with E-state index in [9.17, 15) is 4.39 Å². The minimum Gasteiger partial charge on any atom is -0.337 e. The summed E-state index contributed by atoms with van der Waals surface area (Å²) >= 11 is 3.35. The molecule has 1 fully saturated rings. The molecule has 1 atom stereocenters. The predicted molar refractivity (Wildman–Crippen MR) is 79.2 cm³/mol. The monoisotopic (exact) mass is 339 g/mol. The molecule has 0 unspecified atom stereocenters. The van der Waals surface area contributed by atoms with Crippen molar-refractivity contribution in [1.29, 1.82) is 0 Å². The Kier molecular flexibility index (Phi) is 3.71. The van der Waals surface area contributed by atoms with E-state index in [-0.39, 0.29) is 5.82 Å². The van der Waals surface area contributed by atoms with Crippen LogP contribution in [0.15, 0.2) is 22.7 Å². The molecule has 0 amide bonds. The van der Waals surface area contributed by atoms with E-state index in [0.29, 0.717) is 22.3 Å². The fourth-order valence-electron chi connectivity index (χ4n) is 2.31. The molecule has 5 nitrogen and oxygen atoms in total. The Morgan fingerprint density at radius 2 is 2.30 bits per heavy atom. The van der Waals surface area contributed by atoms with E-state index in [0.717, 1.165) is 25.2 Å². The Morgan fingerprint density at radius 1 is 1.45 bits per heavy atom. The van der Waals surface area contributed by atoms with Crippen molar-refractivity contribution in [2.75, 3.05) is 24.5 Å². The van der Waals surface area contributed by atoms with Crippen molar-refractivity contribution in [3.8, 4) is 11.4 Å². The van der Waals surface area contributed by atoms with Crippen LogP contribution in [-0.4, -0.2) is 40.9 Å². The van der Waals surface area contributed by atoms with E-state index >= 15 is 0 Å². The van der Waals surface area contributed by atoms with E-state index < -0.39 is 0 Å². The molecule has 1 aromatic heterocycles. The molecule has 2 N–H and O–H groups in total. The maximum Gasteiger partial charge on any atom is 0.245 e. The lowest BCUT2D eigenvalue weighted by Gasteiger charge is -2.30. The van der Waals surface area contributed by atoms with Crippen LogP contribution in [0.4, 0.5) is 10.3 Å². The maximum absolute atomic E-state index is 13.1. The fourth-order valence-corrected chi connectivity index (χ4v) is 2.85. The van der Waals surface area contributed by atoms with Crippen molar-refractivity contribution in [2.24, 2.45) is 0 Å². The summed E-state index contributed by atoms with van der Waals surface area (Å²) in [4.78, 5) is 6.65. The van der Waals surface area contributed by atoms with Crippen molar-refractivity contribution in [2.45, 2.75) is 13.0 Å². The molecule has 0 spiro atoms. The third kappa shape index (κ3) is 2.69. The Labute approximate surface area is 124 Å². The van der Waals surface area contributed by atoms with Crippen LogP contribution < -0.4 is 10.2 Å². The van der Waals surface area contributed by atoms with E-state index in [2.05, 4.69) is 48.3 Å². The average Bonchev–Trinajstić information content (AvgIpc) is 2.88. The first kappa shape index (κ1) is 13.5. The first-order valence-electron chi connectivity index (χ1n) is 6.49. The maximum atomic E-state index is 13.1. The van der Waals surface area contributed by atoms with Crippen LogP contribution in [0.2, 0.25) is 0 Å². The molecule has 3 rings (SSSR count). The van der Waals surface area contributed by atoms with Crippen molar-refractivity contribution < 1.29 is 4.39 Å². The van der Waals surface area contributed by atoms with Gasteiger partial charge in [0.05, 0.1) is 0 Å². The molecule has 0 saturated carbocycles. The number of H-pyrrole nitrogens is 1. The number of anilines is 1. The van der Waals surface area contributed by atoms with Gasteiger partial charge in [-0.3, -0.25) is 5.10 Å². The third-order valence-corrected chi connectivity index (χ3v) is 3.97. The molecular formula is C13H15BrFN5. The highest BCUT2D eigenvalue weighted by atomic mass is 79.9. The lowest BCUT2D eigenvalue weighted by Crippen LogP contribution is -2.49. The highest BCUT2D eigenvalue weighted by Gasteiger charge is 2.20. The Bertz CT molecular complexity index is 615. The molecule has 2 heterocycles. The smallest absolute Gasteiger partial charge is 0.245 e. The number of piperazine rings is 1. The number of nitrogens with zero attached hydrogens (tertiary/aromatic N) is 3. The largest absolute Gasteiger partial charge is 0.337 e. The Morgan fingerprint density at radius 3 is 3.05 bits per heavy atom. The fraction of sp³-hybridized carbons (Fsp3) is 0.385. The first-order valence-corrected chi connectivity index (χ1v) is 7.29. The molecule has 1 aromatic carbocycles. The molecule has 1 saturated heterocycles. The van der Waals surface area contributed by atoms with Crippen LogP contribution in [-0.2, 0) is 0 Å². The zero-order chi connectivity index (χ0) is 14.1. The third-order valence-electron chi connectivity index (χ3n) is 3.31. The number of aromatic nitrogens is 3. The van der Waals surface area contributed by atoms with Crippen molar-refractivity contribution in [3.63, 3.8) is 0 Å². The predicted octanol–water partition coefficient (Wildman–Crippen LogP) is 2.17. The number of hydrogen-bond donors (Lipinski definition) is 2. The number of rotatable bonds is 2. The van der Waals surface area contributed by atoms with Gasteiger partial charge in [-0.1, -0.05) is 0 Å². The van der Waals surface area contributed by atoms with E-state index in [4.69, 9.17) is 0 Å². The summed E-state index contributed by atoms with van der Waals surface area (Å²) < 4.78 is 13.8. The summed E-state index contributed by atoms with van der Waals surface area (Å²) in [6.07, 6.45) is 0. The molecule has 1 aliphatic rings. The van der Waals surface area contributed by atoms with Gasteiger partial charge >= 0.3 is 0 Å². The normalized spacial score (nSPS) is 19.4. The zero-order valence-corrected chi connectivity index (χ0v) is 12.6. The molecule has 20 heavy (non-hydrogen) atoms. The van der Waals surface area contributed by atoms with Crippen LogP contribution in [0.5, 0.6) is 0 Å². The Hall–Kier alpha value is -1.47. The van der Waals surface area contributed by atoms with E-state index in [1.165, 1.54) is 12.1 Å². The van der Waals surface area contributed by atoms with Gasteiger partial charge in [0.1, 0.15) is 5.82 Å². The molecule has 1 aliphatic heterocycles. The van der Waals surface area contributed by atoms with E-state index in [1.807, 2.05) is 0 Å². The SMILES string of the molecule is C[C@@H]1CN(c2n[nH]c(-c3ccc(F)cc3Br)n2)CCN1. The number of halogens is 2. The van der Waals surface area contributed by atoms with Gasteiger partial charge in [-0.05, 0) is 41.1 Å². The van der Waals surface area contributed by atoms with Crippen molar-refractivity contribution >= 4 is 21.9 Å². The van der Waals surface area contributed by atoms with Crippen LogP contribution in [0.3, 0.4) is 0 Å². The number of hydrogen-bond acceptors (Lipinski definition) is 4. The standard InChI is InChI=1S/C13H15BrFN5/c1-8-7-20(5-4-16-8)13-17-12(18-19-13)10-3-2-9(15)6-11(10)14/h2-3,6,8,16H,4-5,7H2,1H3,(H,17,18,19)/t8-/m1/s1. The highest BCUT2D eigenvalue weighted by Crippen LogP contribution is 2.27. The second-order valence-electron chi connectivity index (χ2n) is 4.91. The van der Waals surface area contributed by atoms with Crippen LogP contribution >= 0.6 is 15.9 Å². The van der Waals surface area contributed by atoms with Gasteiger partial charge in [-0.25, -0.2) is 4.39 Å². The first-order chi connectivity index (χ1) is 9.63. The second kappa shape index (κ2) is 5.49. The molecule has 7 heteroatoms. The topological polar surface area (TPSA) is 56.8 Å². The van der Waals surface area contributed by atoms with Crippen LogP contribution in [0, 0.1) is 5.82 Å². The molecule has 106 valence electrons. The molecule has 0 radical (unpaired) electrons. The molecule has 2 aromatic rings. The van der Waals surface area contributed by atoms with Crippen LogP contribution in [0.25, 0.3) is 11.4 Å². The summed E-state index contributed by atoms with van der Waals surface area (Å²) in [5, 5.41) is 10.6. The average molecular weight is 340 g/mol. The molecular weight excluding hydrogens is 325 g/mol. The lowest BCUT2D eigenvalue weighted by atomic mass is 10.2. The van der Waals surface area contributed by atoms with Gasteiger partial charge in [0.25, 0.3) is 0 Å². The summed E-state index contributed by atoms with van der Waals surface area (Å²) in [6, 6.07) is 4.94.